The van der Waals surface area contributed by atoms with Gasteiger partial charge in [-0.25, -0.2) is 0 Å². The molecule has 0 saturated carbocycles. The van der Waals surface area contributed by atoms with E-state index in [4.69, 9.17) is 24.0 Å². The first-order chi connectivity index (χ1) is 32.8. The Balaban J connectivity index is 1.93. The number of aliphatic hydroxyl groups is 2. The van der Waals surface area contributed by atoms with Crippen molar-refractivity contribution in [3.63, 3.8) is 0 Å². The normalized spacial score (nSPS) is 27.5. The molecule has 3 heterocycles. The lowest BCUT2D eigenvalue weighted by atomic mass is 9.78. The van der Waals surface area contributed by atoms with Crippen molar-refractivity contribution in [2.75, 3.05) is 25.5 Å². The fourth-order valence-electron chi connectivity index (χ4n) is 9.39. The molecule has 2 aromatic rings. The molecule has 15 nitrogen and oxygen atoms in total. The minimum atomic E-state index is -2.05. The molecule has 5 bridgehead atoms. The quantitative estimate of drug-likeness (QED) is 0.0205. The van der Waals surface area contributed by atoms with Crippen LogP contribution in [0.5, 0.6) is 23.0 Å². The molecular weight excluding hydrogens is 883 g/mol. The molecule has 0 aromatic heterocycles. The number of benzene rings is 2. The monoisotopic (exact) mass is 964 g/mol. The van der Waals surface area contributed by atoms with E-state index in [0.717, 1.165) is 64.2 Å². The van der Waals surface area contributed by atoms with Gasteiger partial charge in [0, 0.05) is 74.2 Å². The standard InChI is InChI=1S/C54H81N3O12/c1-12-14-16-18-20-22-28-57(29-23-21-19-17-15-13-2)55-31-39-44-49(63)42-41(48(39)62)43-51(37(8)47(42)61)69-54(10,52(43)64)67-30-27-40(66-11)34(5)50(68-38(9)58)36(7)46(60)35(6)45(59)32(3)25-24-26-33(4)53(65)56-44/h24-27,30-32,34-36,40,45-46,50,59-63H,12-23,28-29H2,1-11H3,(H,56,65)/b25-24+,30-27+,33-26+,55-31-. The molecule has 0 aliphatic carbocycles. The van der Waals surface area contributed by atoms with Gasteiger partial charge in [-0.1, -0.05) is 124 Å². The zero-order chi connectivity index (χ0) is 51.2. The number of hydrogen-bond donors (Lipinski definition) is 6. The van der Waals surface area contributed by atoms with Crippen molar-refractivity contribution in [2.24, 2.45) is 28.8 Å². The molecule has 0 spiro atoms. The first-order valence-electron chi connectivity index (χ1n) is 25.1. The Morgan fingerprint density at radius 3 is 2.00 bits per heavy atom. The molecule has 3 aliphatic heterocycles. The Morgan fingerprint density at radius 1 is 0.826 bits per heavy atom. The van der Waals surface area contributed by atoms with Gasteiger partial charge in [-0.2, -0.15) is 5.10 Å². The molecule has 0 radical (unpaired) electrons. The minimum Gasteiger partial charge on any atom is -0.507 e. The summed E-state index contributed by atoms with van der Waals surface area (Å²) >= 11 is 0. The van der Waals surface area contributed by atoms with Gasteiger partial charge >= 0.3 is 11.8 Å². The molecule has 0 saturated heterocycles. The summed E-state index contributed by atoms with van der Waals surface area (Å²) < 4.78 is 23.9. The number of amides is 1. The van der Waals surface area contributed by atoms with Gasteiger partial charge in [0.1, 0.15) is 23.4 Å². The average Bonchev–Trinajstić information content (AvgIpc) is 3.58. The van der Waals surface area contributed by atoms with E-state index in [1.807, 2.05) is 5.01 Å². The van der Waals surface area contributed by atoms with Crippen LogP contribution in [0.3, 0.4) is 0 Å². The van der Waals surface area contributed by atoms with Gasteiger partial charge in [0.2, 0.25) is 0 Å². The predicted octanol–water partition coefficient (Wildman–Crippen LogP) is 10.1. The molecule has 384 valence electrons. The maximum absolute atomic E-state index is 14.7. The van der Waals surface area contributed by atoms with Crippen LogP contribution < -0.4 is 10.1 Å². The molecular formula is C54H81N3O12. The highest BCUT2D eigenvalue weighted by Gasteiger charge is 2.50. The second-order valence-electron chi connectivity index (χ2n) is 19.4. The van der Waals surface area contributed by atoms with Gasteiger partial charge in [0.05, 0.1) is 53.0 Å². The number of carbonyl (C=O) groups excluding carboxylic acids is 3. The number of nitrogens with zero attached hydrogens (tertiary/aromatic N) is 2. The molecule has 69 heavy (non-hydrogen) atoms. The van der Waals surface area contributed by atoms with Crippen molar-refractivity contribution < 1.29 is 58.9 Å². The summed E-state index contributed by atoms with van der Waals surface area (Å²) in [6, 6.07) is 0. The Kier molecular flexibility index (Phi) is 21.4. The van der Waals surface area contributed by atoms with E-state index in [1.54, 1.807) is 46.8 Å². The molecule has 0 fully saturated rings. The number of anilines is 1. The number of hydrazone groups is 1. The van der Waals surface area contributed by atoms with Crippen LogP contribution in [-0.4, -0.2) is 105 Å². The number of unbranched alkanes of at least 4 members (excludes halogenated alkanes) is 10. The number of allylic oxidation sites excluding steroid dienone is 2. The molecule has 6 N–H and O–H groups in total. The summed E-state index contributed by atoms with van der Waals surface area (Å²) in [6.07, 6.45) is 18.0. The third-order valence-corrected chi connectivity index (χ3v) is 13.9. The highest BCUT2D eigenvalue weighted by Crippen LogP contribution is 2.55. The molecule has 9 atom stereocenters. The lowest BCUT2D eigenvalue weighted by Crippen LogP contribution is -2.46. The number of phenolic OH excluding ortho intramolecular Hbond substituents is 3. The molecule has 2 aromatic carbocycles. The van der Waals surface area contributed by atoms with Gasteiger partial charge in [-0.3, -0.25) is 19.4 Å². The number of ether oxygens (including phenoxy) is 4. The van der Waals surface area contributed by atoms with Crippen LogP contribution in [0.2, 0.25) is 0 Å². The average molecular weight is 964 g/mol. The third kappa shape index (κ3) is 13.8. The SMILES string of the molecule is CCCCCCCCN(CCCCCCCC)/N=C\c1c2c(O)c3c(O)c(C)c4c(c3c1O)C(=O)C(C)(O/C=C/C(OC)C(C)C(OC(C)=O)C(C)C(O)C(C)C(O)C(C)/C=C/C=C(\C)C(=O)N2)O4. The van der Waals surface area contributed by atoms with Crippen LogP contribution in [0.1, 0.15) is 161 Å². The van der Waals surface area contributed by atoms with Crippen LogP contribution in [0.4, 0.5) is 5.69 Å². The fraction of sp³-hybridized carbons (Fsp3) is 0.630. The van der Waals surface area contributed by atoms with Gasteiger partial charge < -0.3 is 49.8 Å². The summed E-state index contributed by atoms with van der Waals surface area (Å²) in [7, 11) is 1.45. The van der Waals surface area contributed by atoms with Crippen LogP contribution in [0.15, 0.2) is 41.2 Å². The summed E-state index contributed by atoms with van der Waals surface area (Å²) in [5.41, 5.74) is -0.259. The summed E-state index contributed by atoms with van der Waals surface area (Å²) in [6.45, 7) is 18.3. The number of carbonyl (C=O) groups is 3. The van der Waals surface area contributed by atoms with Gasteiger partial charge in [0.25, 0.3) is 11.7 Å². The van der Waals surface area contributed by atoms with Crippen molar-refractivity contribution in [2.45, 2.75) is 176 Å². The second-order valence-corrected chi connectivity index (χ2v) is 19.4. The topological polar surface area (TPSA) is 217 Å². The Bertz CT molecular complexity index is 2190. The number of methoxy groups -OCH3 is 1. The van der Waals surface area contributed by atoms with Crippen molar-refractivity contribution >= 4 is 40.3 Å². The minimum absolute atomic E-state index is 0.0667. The highest BCUT2D eigenvalue weighted by molar-refractivity contribution is 6.23. The number of Topliss-reactive ketones (excluding diaryl/α,β-unsaturated/α-hetero) is 1. The molecule has 9 unspecified atom stereocenters. The zero-order valence-electron chi connectivity index (χ0n) is 43.0. The van der Waals surface area contributed by atoms with E-state index in [0.29, 0.717) is 13.1 Å². The van der Waals surface area contributed by atoms with Gasteiger partial charge in [-0.05, 0) is 32.8 Å². The van der Waals surface area contributed by atoms with Crippen molar-refractivity contribution in [1.29, 1.82) is 0 Å². The molecule has 5 rings (SSSR count). The van der Waals surface area contributed by atoms with Gasteiger partial charge in [-0.15, -0.1) is 0 Å². The number of fused-ring (bicyclic) bond motifs is 14. The number of phenols is 3. The fourth-order valence-corrected chi connectivity index (χ4v) is 9.39. The Hall–Kier alpha value is -5.12. The van der Waals surface area contributed by atoms with Crippen molar-refractivity contribution in [3.8, 4) is 23.0 Å². The van der Waals surface area contributed by atoms with Crippen LogP contribution >= 0.6 is 0 Å². The first kappa shape index (κ1) is 56.5. The molecule has 1 amide bonds. The lowest BCUT2D eigenvalue weighted by molar-refractivity contribution is -0.160. The maximum atomic E-state index is 14.7. The van der Waals surface area contributed by atoms with E-state index < -0.39 is 88.8 Å². The summed E-state index contributed by atoms with van der Waals surface area (Å²) in [5, 5.41) is 68.5. The highest BCUT2D eigenvalue weighted by atomic mass is 16.7. The largest absolute Gasteiger partial charge is 0.507 e. The zero-order valence-corrected chi connectivity index (χ0v) is 43.0. The number of nitrogens with one attached hydrogen (secondary N) is 1. The number of aromatic hydroxyl groups is 3. The van der Waals surface area contributed by atoms with Crippen molar-refractivity contribution in [3.05, 3.63) is 52.8 Å². The number of rotatable bonds is 18. The number of hydrogen-bond acceptors (Lipinski definition) is 14. The smallest absolute Gasteiger partial charge is 0.312 e. The lowest BCUT2D eigenvalue weighted by Gasteiger charge is -2.38. The van der Waals surface area contributed by atoms with Crippen LogP contribution in [-0.2, 0) is 23.8 Å². The van der Waals surface area contributed by atoms with Crippen LogP contribution in [0, 0.1) is 30.6 Å². The van der Waals surface area contributed by atoms with E-state index in [1.165, 1.54) is 65.4 Å². The van der Waals surface area contributed by atoms with E-state index in [9.17, 15) is 39.9 Å². The Morgan fingerprint density at radius 2 is 1.42 bits per heavy atom. The Labute approximate surface area is 409 Å². The molecule has 15 heteroatoms. The van der Waals surface area contributed by atoms with Crippen LogP contribution in [0.25, 0.3) is 10.8 Å². The van der Waals surface area contributed by atoms with Crippen molar-refractivity contribution in [1.82, 2.24) is 5.01 Å². The second kappa shape index (κ2) is 26.2. The van der Waals surface area contributed by atoms with Gasteiger partial charge in [0.15, 0.2) is 5.75 Å². The van der Waals surface area contributed by atoms with E-state index in [-0.39, 0.29) is 44.5 Å². The number of esters is 1. The number of aliphatic hydroxyl groups excluding tert-OH is 2. The summed E-state index contributed by atoms with van der Waals surface area (Å²) in [4.78, 5) is 41.2. The first-order valence-corrected chi connectivity index (χ1v) is 25.1. The van der Waals surface area contributed by atoms with E-state index >= 15 is 0 Å². The summed E-state index contributed by atoms with van der Waals surface area (Å²) in [5.74, 6) is -8.26. The predicted molar refractivity (Wildman–Crippen MR) is 270 cm³/mol. The number of ketones is 1. The van der Waals surface area contributed by atoms with E-state index in [2.05, 4.69) is 19.2 Å². The maximum Gasteiger partial charge on any atom is 0.312 e. The third-order valence-electron chi connectivity index (χ3n) is 13.9. The molecule has 3 aliphatic rings.